The van der Waals surface area contributed by atoms with Gasteiger partial charge in [0.25, 0.3) is 0 Å². The first-order valence-electron chi connectivity index (χ1n) is 9.55. The number of carbonyl (C=O) groups is 2. The van der Waals surface area contributed by atoms with E-state index in [9.17, 15) is 9.59 Å². The van der Waals surface area contributed by atoms with Crippen LogP contribution in [0.1, 0.15) is 12.0 Å². The number of aromatic nitrogens is 4. The standard InChI is InChI=1S/C21H22N6O2/c1-26-20(23-24-25-26)16-8-5-9-18(12-16)22-21(29)17-13-19(28)27(14-17)11-10-15-6-3-2-4-7-15/h2-9,12,17H,10-11,13-14H2,1H3,(H,22,29). The van der Waals surface area contributed by atoms with Crippen molar-refractivity contribution in [2.75, 3.05) is 18.4 Å². The zero-order valence-electron chi connectivity index (χ0n) is 16.2. The molecule has 1 N–H and O–H groups in total. The van der Waals surface area contributed by atoms with Crippen molar-refractivity contribution < 1.29 is 9.59 Å². The fraction of sp³-hybridized carbons (Fsp3) is 0.286. The van der Waals surface area contributed by atoms with Crippen LogP contribution >= 0.6 is 0 Å². The van der Waals surface area contributed by atoms with Crippen LogP contribution in [0.4, 0.5) is 5.69 Å². The van der Waals surface area contributed by atoms with Crippen molar-refractivity contribution in [3.63, 3.8) is 0 Å². The van der Waals surface area contributed by atoms with E-state index < -0.39 is 0 Å². The molecule has 1 fully saturated rings. The number of likely N-dealkylation sites (tertiary alicyclic amines) is 1. The van der Waals surface area contributed by atoms with E-state index >= 15 is 0 Å². The Morgan fingerprint density at radius 3 is 2.76 bits per heavy atom. The van der Waals surface area contributed by atoms with Crippen LogP contribution < -0.4 is 5.32 Å². The van der Waals surface area contributed by atoms with Crippen LogP contribution in [0.15, 0.2) is 54.6 Å². The minimum atomic E-state index is -0.349. The molecule has 2 amide bonds. The van der Waals surface area contributed by atoms with Gasteiger partial charge in [-0.15, -0.1) is 5.10 Å². The first-order chi connectivity index (χ1) is 14.1. The molecule has 0 spiro atoms. The summed E-state index contributed by atoms with van der Waals surface area (Å²) in [5.41, 5.74) is 2.65. The molecule has 8 nitrogen and oxygen atoms in total. The molecule has 0 saturated carbocycles. The van der Waals surface area contributed by atoms with Gasteiger partial charge in [-0.1, -0.05) is 42.5 Å². The van der Waals surface area contributed by atoms with Crippen LogP contribution in [0.3, 0.4) is 0 Å². The largest absolute Gasteiger partial charge is 0.342 e. The lowest BCUT2D eigenvalue weighted by atomic mass is 10.1. The topological polar surface area (TPSA) is 93.0 Å². The van der Waals surface area contributed by atoms with Crippen molar-refractivity contribution >= 4 is 17.5 Å². The van der Waals surface area contributed by atoms with Gasteiger partial charge in [0.1, 0.15) is 0 Å². The zero-order chi connectivity index (χ0) is 20.2. The van der Waals surface area contributed by atoms with Gasteiger partial charge in [-0.25, -0.2) is 4.68 Å². The number of aryl methyl sites for hydroxylation is 1. The van der Waals surface area contributed by atoms with Gasteiger partial charge in [0.2, 0.25) is 11.8 Å². The lowest BCUT2D eigenvalue weighted by Crippen LogP contribution is -2.30. The molecule has 8 heteroatoms. The van der Waals surface area contributed by atoms with Crippen molar-refractivity contribution in [3.8, 4) is 11.4 Å². The average molecular weight is 390 g/mol. The maximum Gasteiger partial charge on any atom is 0.229 e. The molecule has 148 valence electrons. The Morgan fingerprint density at radius 2 is 2.00 bits per heavy atom. The Kier molecular flexibility index (Phi) is 5.33. The molecule has 3 aromatic rings. The Labute approximate surface area is 168 Å². The van der Waals surface area contributed by atoms with Gasteiger partial charge in [0, 0.05) is 37.8 Å². The number of amides is 2. The second-order valence-corrected chi connectivity index (χ2v) is 7.17. The van der Waals surface area contributed by atoms with E-state index in [0.29, 0.717) is 24.6 Å². The summed E-state index contributed by atoms with van der Waals surface area (Å²) in [6.07, 6.45) is 1.03. The molecule has 2 heterocycles. The van der Waals surface area contributed by atoms with Crippen LogP contribution in [0.5, 0.6) is 0 Å². The molecule has 0 bridgehead atoms. The Balaban J connectivity index is 1.37. The number of anilines is 1. The summed E-state index contributed by atoms with van der Waals surface area (Å²) >= 11 is 0. The molecule has 0 aliphatic carbocycles. The summed E-state index contributed by atoms with van der Waals surface area (Å²) in [5.74, 6) is 0.149. The number of nitrogens with zero attached hydrogens (tertiary/aromatic N) is 5. The van der Waals surface area contributed by atoms with Crippen LogP contribution in [0.2, 0.25) is 0 Å². The van der Waals surface area contributed by atoms with Crippen molar-refractivity contribution in [1.82, 2.24) is 25.1 Å². The van der Waals surface area contributed by atoms with Gasteiger partial charge in [0.15, 0.2) is 5.82 Å². The molecule has 1 saturated heterocycles. The predicted octanol–water partition coefficient (Wildman–Crippen LogP) is 1.91. The molecular weight excluding hydrogens is 368 g/mol. The highest BCUT2D eigenvalue weighted by molar-refractivity contribution is 5.97. The number of hydrogen-bond donors (Lipinski definition) is 1. The molecule has 1 aromatic heterocycles. The maximum absolute atomic E-state index is 12.7. The van der Waals surface area contributed by atoms with E-state index in [2.05, 4.69) is 20.8 Å². The fourth-order valence-corrected chi connectivity index (χ4v) is 3.53. The van der Waals surface area contributed by atoms with Gasteiger partial charge in [-0.2, -0.15) is 0 Å². The minimum Gasteiger partial charge on any atom is -0.342 e. The van der Waals surface area contributed by atoms with Crippen LogP contribution in [-0.2, 0) is 23.1 Å². The summed E-state index contributed by atoms with van der Waals surface area (Å²) < 4.78 is 1.57. The summed E-state index contributed by atoms with van der Waals surface area (Å²) in [6, 6.07) is 17.4. The summed E-state index contributed by atoms with van der Waals surface area (Å²) in [6.45, 7) is 1.08. The third kappa shape index (κ3) is 4.31. The summed E-state index contributed by atoms with van der Waals surface area (Å²) in [4.78, 5) is 26.8. The number of nitrogens with one attached hydrogen (secondary N) is 1. The average Bonchev–Trinajstić information content (AvgIpc) is 3.33. The lowest BCUT2D eigenvalue weighted by molar-refractivity contribution is -0.128. The van der Waals surface area contributed by atoms with Crippen LogP contribution in [0.25, 0.3) is 11.4 Å². The van der Waals surface area contributed by atoms with Gasteiger partial charge >= 0.3 is 0 Å². The van der Waals surface area contributed by atoms with Gasteiger partial charge < -0.3 is 10.2 Å². The van der Waals surface area contributed by atoms with E-state index in [1.807, 2.05) is 54.6 Å². The van der Waals surface area contributed by atoms with Gasteiger partial charge in [-0.3, -0.25) is 9.59 Å². The Bertz CT molecular complexity index is 1020. The van der Waals surface area contributed by atoms with Crippen LogP contribution in [-0.4, -0.2) is 50.0 Å². The normalized spacial score (nSPS) is 16.2. The molecule has 29 heavy (non-hydrogen) atoms. The van der Waals surface area contributed by atoms with Crippen molar-refractivity contribution in [3.05, 3.63) is 60.2 Å². The molecule has 1 atom stereocenters. The third-order valence-corrected chi connectivity index (χ3v) is 5.11. The van der Waals surface area contributed by atoms with Gasteiger partial charge in [-0.05, 0) is 34.5 Å². The number of tetrazole rings is 1. The van der Waals surface area contributed by atoms with Crippen molar-refractivity contribution in [1.29, 1.82) is 0 Å². The molecule has 0 radical (unpaired) electrons. The highest BCUT2D eigenvalue weighted by Crippen LogP contribution is 2.23. The predicted molar refractivity (Wildman–Crippen MR) is 108 cm³/mol. The molecule has 1 aliphatic heterocycles. The highest BCUT2D eigenvalue weighted by atomic mass is 16.2. The molecule has 4 rings (SSSR count). The molecular formula is C21H22N6O2. The quantitative estimate of drug-likeness (QED) is 0.694. The number of hydrogen-bond acceptors (Lipinski definition) is 5. The number of benzene rings is 2. The summed E-state index contributed by atoms with van der Waals surface area (Å²) in [5, 5.41) is 14.4. The van der Waals surface area contributed by atoms with E-state index in [-0.39, 0.29) is 24.2 Å². The van der Waals surface area contributed by atoms with Gasteiger partial charge in [0.05, 0.1) is 5.92 Å². The second kappa shape index (κ2) is 8.22. The zero-order valence-corrected chi connectivity index (χ0v) is 16.2. The first-order valence-corrected chi connectivity index (χ1v) is 9.55. The van der Waals surface area contributed by atoms with Crippen LogP contribution in [0, 0.1) is 5.92 Å². The van der Waals surface area contributed by atoms with E-state index in [1.54, 1.807) is 16.6 Å². The minimum absolute atomic E-state index is 0.0278. The molecule has 2 aromatic carbocycles. The Morgan fingerprint density at radius 1 is 1.17 bits per heavy atom. The smallest absolute Gasteiger partial charge is 0.229 e. The lowest BCUT2D eigenvalue weighted by Gasteiger charge is -2.16. The van der Waals surface area contributed by atoms with Crippen molar-refractivity contribution in [2.45, 2.75) is 12.8 Å². The SMILES string of the molecule is Cn1nnnc1-c1cccc(NC(=O)C2CC(=O)N(CCc3ccccc3)C2)c1. The monoisotopic (exact) mass is 390 g/mol. The maximum atomic E-state index is 12.7. The fourth-order valence-electron chi connectivity index (χ4n) is 3.53. The number of rotatable bonds is 6. The molecule has 1 unspecified atom stereocenters. The first kappa shape index (κ1) is 18.8. The Hall–Kier alpha value is -3.55. The number of carbonyl (C=O) groups excluding carboxylic acids is 2. The summed E-state index contributed by atoms with van der Waals surface area (Å²) in [7, 11) is 1.76. The van der Waals surface area contributed by atoms with E-state index in [1.165, 1.54) is 5.56 Å². The highest BCUT2D eigenvalue weighted by Gasteiger charge is 2.34. The van der Waals surface area contributed by atoms with E-state index in [0.717, 1.165) is 12.0 Å². The van der Waals surface area contributed by atoms with Crippen molar-refractivity contribution in [2.24, 2.45) is 13.0 Å². The molecule has 1 aliphatic rings. The van der Waals surface area contributed by atoms with E-state index in [4.69, 9.17) is 0 Å². The second-order valence-electron chi connectivity index (χ2n) is 7.17. The third-order valence-electron chi connectivity index (χ3n) is 5.11.